The molecule has 3 N–H and O–H groups in total. The maximum Gasteiger partial charge on any atom is 0.0471 e. The highest BCUT2D eigenvalue weighted by Gasteiger charge is 2.27. The third-order valence-corrected chi connectivity index (χ3v) is 3.86. The van der Waals surface area contributed by atoms with Crippen LogP contribution in [0.3, 0.4) is 0 Å². The summed E-state index contributed by atoms with van der Waals surface area (Å²) in [6.45, 7) is 6.38. The number of hydrogen-bond acceptors (Lipinski definition) is 3. The summed E-state index contributed by atoms with van der Waals surface area (Å²) in [5.41, 5.74) is 6.27. The summed E-state index contributed by atoms with van der Waals surface area (Å²) in [6.07, 6.45) is 7.85. The molecule has 0 saturated carbocycles. The third kappa shape index (κ3) is 3.30. The summed E-state index contributed by atoms with van der Waals surface area (Å²) >= 11 is 0. The van der Waals surface area contributed by atoms with Gasteiger partial charge >= 0.3 is 0 Å². The van der Waals surface area contributed by atoms with E-state index in [-0.39, 0.29) is 6.04 Å². The standard InChI is InChI=1S/C13H24N2O/c1-13(4-6-16-7-5-13)10-15-9-11-2-3-12(14)8-11/h2-3,11-12,15H,4-10,14H2,1H3. The lowest BCUT2D eigenvalue weighted by molar-refractivity contribution is 0.0239. The smallest absolute Gasteiger partial charge is 0.0471 e. The van der Waals surface area contributed by atoms with E-state index >= 15 is 0 Å². The zero-order valence-electron chi connectivity index (χ0n) is 10.2. The Bertz CT molecular complexity index is 246. The molecule has 1 heterocycles. The molecule has 92 valence electrons. The van der Waals surface area contributed by atoms with E-state index in [1.54, 1.807) is 0 Å². The lowest BCUT2D eigenvalue weighted by Crippen LogP contribution is -2.38. The van der Waals surface area contributed by atoms with Gasteiger partial charge in [0.05, 0.1) is 0 Å². The molecule has 1 fully saturated rings. The topological polar surface area (TPSA) is 47.3 Å². The summed E-state index contributed by atoms with van der Waals surface area (Å²) in [7, 11) is 0. The molecule has 2 atom stereocenters. The summed E-state index contributed by atoms with van der Waals surface area (Å²) in [6, 6.07) is 0.283. The molecule has 2 aliphatic rings. The van der Waals surface area contributed by atoms with E-state index in [1.165, 1.54) is 12.8 Å². The SMILES string of the molecule is CC1(CNCC2C=CC(N)C2)CCOCC1. The fourth-order valence-corrected chi connectivity index (χ4v) is 2.56. The molecule has 0 radical (unpaired) electrons. The highest BCUT2D eigenvalue weighted by atomic mass is 16.5. The molecule has 0 aromatic carbocycles. The average molecular weight is 224 g/mol. The number of ether oxygens (including phenoxy) is 1. The number of hydrogen-bond donors (Lipinski definition) is 2. The fourth-order valence-electron chi connectivity index (χ4n) is 2.56. The van der Waals surface area contributed by atoms with Crippen LogP contribution in [0.2, 0.25) is 0 Å². The van der Waals surface area contributed by atoms with Crippen molar-refractivity contribution in [1.82, 2.24) is 5.32 Å². The van der Waals surface area contributed by atoms with Crippen molar-refractivity contribution in [2.24, 2.45) is 17.1 Å². The van der Waals surface area contributed by atoms with E-state index in [1.807, 2.05) is 0 Å². The number of nitrogens with one attached hydrogen (secondary N) is 1. The van der Waals surface area contributed by atoms with Crippen molar-refractivity contribution in [3.8, 4) is 0 Å². The Morgan fingerprint density at radius 3 is 2.75 bits per heavy atom. The minimum Gasteiger partial charge on any atom is -0.381 e. The monoisotopic (exact) mass is 224 g/mol. The first-order valence-corrected chi connectivity index (χ1v) is 6.40. The fraction of sp³-hybridized carbons (Fsp3) is 0.846. The quantitative estimate of drug-likeness (QED) is 0.708. The molecular formula is C13H24N2O. The molecule has 0 aromatic heterocycles. The minimum absolute atomic E-state index is 0.283. The van der Waals surface area contributed by atoms with Crippen molar-refractivity contribution in [2.45, 2.75) is 32.2 Å². The second kappa shape index (κ2) is 5.30. The summed E-state index contributed by atoms with van der Waals surface area (Å²) in [4.78, 5) is 0. The van der Waals surface area contributed by atoms with E-state index in [2.05, 4.69) is 24.4 Å². The predicted octanol–water partition coefficient (Wildman–Crippen LogP) is 1.30. The van der Waals surface area contributed by atoms with Gasteiger partial charge in [0.15, 0.2) is 0 Å². The largest absolute Gasteiger partial charge is 0.381 e. The Balaban J connectivity index is 1.65. The van der Waals surface area contributed by atoms with Gasteiger partial charge in [0, 0.05) is 32.3 Å². The van der Waals surface area contributed by atoms with E-state index in [0.29, 0.717) is 11.3 Å². The Kier molecular flexibility index (Phi) is 4.00. The van der Waals surface area contributed by atoms with Gasteiger partial charge in [-0.3, -0.25) is 0 Å². The summed E-state index contributed by atoms with van der Waals surface area (Å²) < 4.78 is 5.40. The molecule has 2 unspecified atom stereocenters. The number of rotatable bonds is 4. The molecule has 0 amide bonds. The summed E-state index contributed by atoms with van der Waals surface area (Å²) in [5.74, 6) is 0.637. The van der Waals surface area contributed by atoms with Crippen LogP contribution in [0.4, 0.5) is 0 Å². The van der Waals surface area contributed by atoms with Crippen molar-refractivity contribution in [3.63, 3.8) is 0 Å². The van der Waals surface area contributed by atoms with E-state index < -0.39 is 0 Å². The Hall–Kier alpha value is -0.380. The van der Waals surface area contributed by atoms with Crippen molar-refractivity contribution < 1.29 is 4.74 Å². The highest BCUT2D eigenvalue weighted by Crippen LogP contribution is 2.28. The normalized spacial score (nSPS) is 33.1. The first-order chi connectivity index (χ1) is 7.68. The zero-order valence-corrected chi connectivity index (χ0v) is 10.2. The van der Waals surface area contributed by atoms with Gasteiger partial charge < -0.3 is 15.8 Å². The Morgan fingerprint density at radius 2 is 2.12 bits per heavy atom. The third-order valence-electron chi connectivity index (χ3n) is 3.86. The molecule has 2 rings (SSSR count). The van der Waals surface area contributed by atoms with E-state index in [9.17, 15) is 0 Å². The maximum atomic E-state index is 5.83. The molecule has 3 nitrogen and oxygen atoms in total. The van der Waals surface area contributed by atoms with Crippen LogP contribution < -0.4 is 11.1 Å². The van der Waals surface area contributed by atoms with Gasteiger partial charge in [0.1, 0.15) is 0 Å². The Morgan fingerprint density at radius 1 is 1.38 bits per heavy atom. The minimum atomic E-state index is 0.283. The molecule has 1 aliphatic carbocycles. The van der Waals surface area contributed by atoms with Crippen LogP contribution >= 0.6 is 0 Å². The van der Waals surface area contributed by atoms with Gasteiger partial charge in [-0.1, -0.05) is 19.1 Å². The van der Waals surface area contributed by atoms with Crippen LogP contribution in [0.25, 0.3) is 0 Å². The second-order valence-corrected chi connectivity index (χ2v) is 5.60. The van der Waals surface area contributed by atoms with Crippen LogP contribution in [-0.2, 0) is 4.74 Å². The molecule has 0 aromatic rings. The highest BCUT2D eigenvalue weighted by molar-refractivity contribution is 5.05. The van der Waals surface area contributed by atoms with Crippen molar-refractivity contribution >= 4 is 0 Å². The van der Waals surface area contributed by atoms with Gasteiger partial charge in [-0.2, -0.15) is 0 Å². The van der Waals surface area contributed by atoms with Crippen LogP contribution in [0.1, 0.15) is 26.2 Å². The molecule has 3 heteroatoms. The van der Waals surface area contributed by atoms with Crippen molar-refractivity contribution in [2.75, 3.05) is 26.3 Å². The van der Waals surface area contributed by atoms with Gasteiger partial charge in [-0.05, 0) is 30.6 Å². The van der Waals surface area contributed by atoms with Crippen LogP contribution in [0.15, 0.2) is 12.2 Å². The van der Waals surface area contributed by atoms with E-state index in [0.717, 1.165) is 32.7 Å². The van der Waals surface area contributed by atoms with E-state index in [4.69, 9.17) is 10.5 Å². The van der Waals surface area contributed by atoms with Gasteiger partial charge in [-0.15, -0.1) is 0 Å². The van der Waals surface area contributed by atoms with Crippen LogP contribution in [0.5, 0.6) is 0 Å². The average Bonchev–Trinajstić information content (AvgIpc) is 2.65. The maximum absolute atomic E-state index is 5.83. The lowest BCUT2D eigenvalue weighted by Gasteiger charge is -2.34. The molecule has 0 bridgehead atoms. The van der Waals surface area contributed by atoms with Gasteiger partial charge in [0.25, 0.3) is 0 Å². The second-order valence-electron chi connectivity index (χ2n) is 5.60. The molecule has 1 aliphatic heterocycles. The van der Waals surface area contributed by atoms with Crippen molar-refractivity contribution in [1.29, 1.82) is 0 Å². The number of nitrogens with two attached hydrogens (primary N) is 1. The van der Waals surface area contributed by atoms with Crippen molar-refractivity contribution in [3.05, 3.63) is 12.2 Å². The van der Waals surface area contributed by atoms with Gasteiger partial charge in [0.2, 0.25) is 0 Å². The van der Waals surface area contributed by atoms with Gasteiger partial charge in [-0.25, -0.2) is 0 Å². The predicted molar refractivity (Wildman–Crippen MR) is 66.3 cm³/mol. The first kappa shape index (κ1) is 12.1. The molecule has 16 heavy (non-hydrogen) atoms. The lowest BCUT2D eigenvalue weighted by atomic mass is 9.82. The Labute approximate surface area is 98.4 Å². The molecule has 0 spiro atoms. The molecule has 1 saturated heterocycles. The zero-order chi connectivity index (χ0) is 11.4. The molecular weight excluding hydrogens is 200 g/mol. The van der Waals surface area contributed by atoms with Crippen LogP contribution in [0, 0.1) is 11.3 Å². The summed E-state index contributed by atoms with van der Waals surface area (Å²) in [5, 5.41) is 3.60. The van der Waals surface area contributed by atoms with Crippen LogP contribution in [-0.4, -0.2) is 32.3 Å². The first-order valence-electron chi connectivity index (χ1n) is 6.40.